The van der Waals surface area contributed by atoms with Gasteiger partial charge < -0.3 is 4.98 Å². The number of H-pyrrole nitrogens is 2. The van der Waals surface area contributed by atoms with Crippen LogP contribution in [0.4, 0.5) is 5.69 Å². The van der Waals surface area contributed by atoms with Gasteiger partial charge in [0.15, 0.2) is 4.90 Å². The zero-order valence-corrected chi connectivity index (χ0v) is 16.6. The predicted octanol–water partition coefficient (Wildman–Crippen LogP) is 1.28. The third-order valence-corrected chi connectivity index (χ3v) is 5.46. The van der Waals surface area contributed by atoms with Crippen LogP contribution in [0.1, 0.15) is 15.9 Å². The van der Waals surface area contributed by atoms with Gasteiger partial charge in [-0.2, -0.15) is 5.10 Å². The van der Waals surface area contributed by atoms with E-state index in [1.165, 1.54) is 30.5 Å². The Labute approximate surface area is 174 Å². The topological polar surface area (TPSA) is 153 Å². The molecule has 12 heteroatoms. The zero-order valence-electron chi connectivity index (χ0n) is 15.0. The number of carbonyl (C=O) groups excluding carboxylic acids is 1. The number of nitrogens with zero attached hydrogens (tertiary/aromatic N) is 1. The molecule has 3 rings (SSSR count). The van der Waals surface area contributed by atoms with Crippen LogP contribution in [-0.2, 0) is 10.0 Å². The molecule has 1 amide bonds. The number of aromatic amines is 2. The number of hydrazone groups is 1. The van der Waals surface area contributed by atoms with E-state index in [4.69, 9.17) is 11.6 Å². The summed E-state index contributed by atoms with van der Waals surface area (Å²) >= 11 is 6.00. The molecule has 0 bridgehead atoms. The number of amides is 1. The number of nitrogens with one attached hydrogen (secondary N) is 4. The summed E-state index contributed by atoms with van der Waals surface area (Å²) in [6.07, 6.45) is 2.15. The van der Waals surface area contributed by atoms with Gasteiger partial charge in [0.2, 0.25) is 0 Å². The molecule has 30 heavy (non-hydrogen) atoms. The lowest BCUT2D eigenvalue weighted by molar-refractivity contribution is 0.0955. The molecule has 0 aliphatic rings. The molecule has 0 spiro atoms. The maximum atomic E-state index is 12.4. The second kappa shape index (κ2) is 8.76. The van der Waals surface area contributed by atoms with Gasteiger partial charge in [-0.3, -0.25) is 19.3 Å². The number of halogens is 1. The van der Waals surface area contributed by atoms with E-state index in [2.05, 4.69) is 20.2 Å². The minimum absolute atomic E-state index is 0.0309. The second-order valence-corrected chi connectivity index (χ2v) is 7.90. The molecule has 1 heterocycles. The second-order valence-electron chi connectivity index (χ2n) is 5.84. The fourth-order valence-corrected chi connectivity index (χ4v) is 3.58. The van der Waals surface area contributed by atoms with Crippen molar-refractivity contribution in [2.24, 2.45) is 5.10 Å². The summed E-state index contributed by atoms with van der Waals surface area (Å²) in [5.74, 6) is -0.596. The minimum Gasteiger partial charge on any atom is -0.313 e. The SMILES string of the molecule is O=C(N/N=C/c1ccccc1Cl)c1cccc(NS(=O)(=O)c2c[nH]c(=O)[nH]c2=O)c1. The van der Waals surface area contributed by atoms with Crippen LogP contribution >= 0.6 is 11.6 Å². The highest BCUT2D eigenvalue weighted by Gasteiger charge is 2.19. The molecule has 0 unspecified atom stereocenters. The van der Waals surface area contributed by atoms with E-state index >= 15 is 0 Å². The van der Waals surface area contributed by atoms with Crippen molar-refractivity contribution in [1.29, 1.82) is 0 Å². The highest BCUT2D eigenvalue weighted by molar-refractivity contribution is 7.92. The first kappa shape index (κ1) is 21.0. The van der Waals surface area contributed by atoms with E-state index in [9.17, 15) is 22.8 Å². The number of hydrogen-bond acceptors (Lipinski definition) is 6. The molecule has 1 aromatic heterocycles. The van der Waals surface area contributed by atoms with Crippen LogP contribution in [0.25, 0.3) is 0 Å². The van der Waals surface area contributed by atoms with E-state index < -0.39 is 32.1 Å². The van der Waals surface area contributed by atoms with Gasteiger partial charge in [0.05, 0.1) is 6.21 Å². The average Bonchev–Trinajstić information content (AvgIpc) is 2.69. The van der Waals surface area contributed by atoms with Crippen molar-refractivity contribution in [2.45, 2.75) is 4.90 Å². The molecule has 0 saturated heterocycles. The van der Waals surface area contributed by atoms with E-state index in [0.717, 1.165) is 6.20 Å². The number of rotatable bonds is 6. The standard InChI is InChI=1S/C18H14ClN5O5S/c19-14-7-2-1-4-12(14)9-21-23-16(25)11-5-3-6-13(8-11)24-30(28,29)15-10-20-18(27)22-17(15)26/h1-10,24H,(H,23,25)(H2,20,22,26,27)/b21-9+. The highest BCUT2D eigenvalue weighted by Crippen LogP contribution is 2.15. The maximum absolute atomic E-state index is 12.4. The Morgan fingerprint density at radius 3 is 2.60 bits per heavy atom. The Bertz CT molecular complexity index is 1350. The third kappa shape index (κ3) is 5.01. The van der Waals surface area contributed by atoms with E-state index in [1.807, 2.05) is 4.98 Å². The summed E-state index contributed by atoms with van der Waals surface area (Å²) in [5, 5.41) is 4.29. The first-order chi connectivity index (χ1) is 14.3. The lowest BCUT2D eigenvalue weighted by atomic mass is 10.2. The van der Waals surface area contributed by atoms with Crippen molar-refractivity contribution in [3.05, 3.63) is 91.7 Å². The van der Waals surface area contributed by atoms with Crippen molar-refractivity contribution in [3.63, 3.8) is 0 Å². The van der Waals surface area contributed by atoms with E-state index in [0.29, 0.717) is 10.6 Å². The number of carbonyl (C=O) groups is 1. The van der Waals surface area contributed by atoms with Gasteiger partial charge in [-0.1, -0.05) is 35.9 Å². The summed E-state index contributed by atoms with van der Waals surface area (Å²) in [6.45, 7) is 0. The first-order valence-electron chi connectivity index (χ1n) is 8.29. The van der Waals surface area contributed by atoms with E-state index in [1.54, 1.807) is 24.3 Å². The van der Waals surface area contributed by atoms with Crippen LogP contribution in [0, 0.1) is 0 Å². The molecular formula is C18H14ClN5O5S. The summed E-state index contributed by atoms with van der Waals surface area (Å²) in [5.41, 5.74) is 1.15. The monoisotopic (exact) mass is 447 g/mol. The number of aromatic nitrogens is 2. The van der Waals surface area contributed by atoms with Crippen LogP contribution in [0.15, 0.2) is 74.3 Å². The molecule has 4 N–H and O–H groups in total. The van der Waals surface area contributed by atoms with Crippen molar-refractivity contribution < 1.29 is 13.2 Å². The molecule has 0 saturated carbocycles. The van der Waals surface area contributed by atoms with Gasteiger partial charge in [0.1, 0.15) is 0 Å². The molecule has 3 aromatic rings. The Morgan fingerprint density at radius 1 is 1.10 bits per heavy atom. The molecule has 0 aliphatic heterocycles. The first-order valence-corrected chi connectivity index (χ1v) is 10.2. The van der Waals surface area contributed by atoms with Crippen molar-refractivity contribution in [3.8, 4) is 0 Å². The smallest absolute Gasteiger partial charge is 0.313 e. The Morgan fingerprint density at radius 2 is 1.87 bits per heavy atom. The van der Waals surface area contributed by atoms with Crippen LogP contribution in [-0.4, -0.2) is 30.5 Å². The van der Waals surface area contributed by atoms with Crippen LogP contribution in [0.5, 0.6) is 0 Å². The summed E-state index contributed by atoms with van der Waals surface area (Å²) < 4.78 is 26.9. The summed E-state index contributed by atoms with van der Waals surface area (Å²) in [7, 11) is -4.30. The predicted molar refractivity (Wildman–Crippen MR) is 111 cm³/mol. The molecule has 0 radical (unpaired) electrons. The largest absolute Gasteiger partial charge is 0.325 e. The van der Waals surface area contributed by atoms with Crippen LogP contribution in [0.3, 0.4) is 0 Å². The molecule has 2 aromatic carbocycles. The van der Waals surface area contributed by atoms with E-state index in [-0.39, 0.29) is 11.3 Å². The average molecular weight is 448 g/mol. The lowest BCUT2D eigenvalue weighted by Crippen LogP contribution is -2.29. The number of anilines is 1. The zero-order chi connectivity index (χ0) is 21.7. The summed E-state index contributed by atoms with van der Waals surface area (Å²) in [6, 6.07) is 12.5. The van der Waals surface area contributed by atoms with Gasteiger partial charge >= 0.3 is 5.69 Å². The van der Waals surface area contributed by atoms with Crippen molar-refractivity contribution in [1.82, 2.24) is 15.4 Å². The highest BCUT2D eigenvalue weighted by atomic mass is 35.5. The lowest BCUT2D eigenvalue weighted by Gasteiger charge is -2.08. The van der Waals surface area contributed by atoms with Gasteiger partial charge in [-0.15, -0.1) is 0 Å². The third-order valence-electron chi connectivity index (χ3n) is 3.73. The Balaban J connectivity index is 1.75. The molecule has 10 nitrogen and oxygen atoms in total. The minimum atomic E-state index is -4.30. The Hall–Kier alpha value is -3.70. The normalized spacial score (nSPS) is 11.4. The van der Waals surface area contributed by atoms with Gasteiger partial charge in [0, 0.05) is 28.0 Å². The fourth-order valence-electron chi connectivity index (χ4n) is 2.34. The maximum Gasteiger partial charge on any atom is 0.325 e. The molecule has 0 atom stereocenters. The molecule has 154 valence electrons. The number of sulfonamides is 1. The van der Waals surface area contributed by atoms with Crippen molar-refractivity contribution >= 4 is 39.4 Å². The Kier molecular flexibility index (Phi) is 6.14. The van der Waals surface area contributed by atoms with Gasteiger partial charge in [-0.05, 0) is 24.3 Å². The molecular weight excluding hydrogens is 434 g/mol. The quantitative estimate of drug-likeness (QED) is 0.331. The van der Waals surface area contributed by atoms with Gasteiger partial charge in [0.25, 0.3) is 21.5 Å². The van der Waals surface area contributed by atoms with Crippen LogP contribution < -0.4 is 21.4 Å². The van der Waals surface area contributed by atoms with Crippen LogP contribution in [0.2, 0.25) is 5.02 Å². The van der Waals surface area contributed by atoms with Crippen molar-refractivity contribution in [2.75, 3.05) is 4.72 Å². The summed E-state index contributed by atoms with van der Waals surface area (Å²) in [4.78, 5) is 38.3. The molecule has 0 fully saturated rings. The number of benzene rings is 2. The number of hydrogen-bond donors (Lipinski definition) is 4. The van der Waals surface area contributed by atoms with Gasteiger partial charge in [-0.25, -0.2) is 18.6 Å². The molecule has 0 aliphatic carbocycles. The fraction of sp³-hybridized carbons (Fsp3) is 0.